The number of benzene rings is 1. The molecule has 0 fully saturated rings. The van der Waals surface area contributed by atoms with Crippen LogP contribution >= 0.6 is 0 Å². The van der Waals surface area contributed by atoms with Crippen LogP contribution in [0.5, 0.6) is 0 Å². The van der Waals surface area contributed by atoms with Crippen LogP contribution in [0.2, 0.25) is 0 Å². The molecule has 0 saturated carbocycles. The first-order valence-corrected chi connectivity index (χ1v) is 7.02. The monoisotopic (exact) mass is 339 g/mol. The summed E-state index contributed by atoms with van der Waals surface area (Å²) in [5.41, 5.74) is -1.67. The second-order valence-electron chi connectivity index (χ2n) is 4.92. The lowest BCUT2D eigenvalue weighted by Crippen LogP contribution is -2.45. The Morgan fingerprint density at radius 2 is 2.00 bits per heavy atom. The molecule has 1 aliphatic heterocycles. The van der Waals surface area contributed by atoms with Crippen LogP contribution in [0.25, 0.3) is 0 Å². The minimum absolute atomic E-state index is 0.134. The second-order valence-corrected chi connectivity index (χ2v) is 4.92. The van der Waals surface area contributed by atoms with Crippen molar-refractivity contribution in [2.75, 3.05) is 13.2 Å². The van der Waals surface area contributed by atoms with Gasteiger partial charge in [0, 0.05) is 5.56 Å². The fourth-order valence-corrected chi connectivity index (χ4v) is 2.45. The lowest BCUT2D eigenvalue weighted by Gasteiger charge is -2.32. The average Bonchev–Trinajstić information content (AvgIpc) is 2.86. The van der Waals surface area contributed by atoms with Crippen LogP contribution in [0.3, 0.4) is 0 Å². The summed E-state index contributed by atoms with van der Waals surface area (Å²) in [6.45, 7) is 1.05. The Labute approximate surface area is 136 Å². The summed E-state index contributed by atoms with van der Waals surface area (Å²) in [5.74, 6) is 1.91. The summed E-state index contributed by atoms with van der Waals surface area (Å²) in [6, 6.07) is 5.46. The number of cyclic esters (lactones) is 1. The largest absolute Gasteiger partial charge is 0.499 e. The number of esters is 2. The molecule has 9 nitrogen and oxygen atoms in total. The Kier molecular flexibility index (Phi) is 5.07. The molecule has 0 radical (unpaired) electrons. The third kappa shape index (κ3) is 2.68. The van der Waals surface area contributed by atoms with E-state index in [4.69, 9.17) is 15.4 Å². The van der Waals surface area contributed by atoms with E-state index in [0.29, 0.717) is 0 Å². The maximum absolute atomic E-state index is 11.7. The Bertz CT molecular complexity index is 669. The van der Waals surface area contributed by atoms with E-state index < -0.39 is 41.8 Å². The standard InChI is InChI=1S/C15H17NO8/c1-2-22-13(20)8-3-5-9(6-4-8)15(10(18)7-17)12(24-16)11(19)14(21)23-15/h3-6,10,17-19H,2,7,16H2,1H3/t10-,15+/m0/s1. The zero-order valence-corrected chi connectivity index (χ0v) is 12.8. The van der Waals surface area contributed by atoms with Gasteiger partial charge in [-0.15, -0.1) is 0 Å². The Hall–Kier alpha value is -2.62. The molecule has 0 unspecified atom stereocenters. The van der Waals surface area contributed by atoms with Gasteiger partial charge in [-0.05, 0) is 19.1 Å². The van der Waals surface area contributed by atoms with Crippen LogP contribution in [0.15, 0.2) is 35.8 Å². The van der Waals surface area contributed by atoms with E-state index in [-0.39, 0.29) is 17.7 Å². The fraction of sp³-hybridized carbons (Fsp3) is 0.333. The van der Waals surface area contributed by atoms with Gasteiger partial charge in [-0.25, -0.2) is 9.59 Å². The molecular formula is C15H17NO8. The van der Waals surface area contributed by atoms with E-state index >= 15 is 0 Å². The highest BCUT2D eigenvalue weighted by Gasteiger charge is 2.56. The van der Waals surface area contributed by atoms with Crippen LogP contribution in [-0.2, 0) is 24.7 Å². The van der Waals surface area contributed by atoms with E-state index in [1.165, 1.54) is 24.3 Å². The fourth-order valence-electron chi connectivity index (χ4n) is 2.45. The van der Waals surface area contributed by atoms with Crippen molar-refractivity contribution < 1.29 is 39.2 Å². The molecule has 130 valence electrons. The summed E-state index contributed by atoms with van der Waals surface area (Å²) >= 11 is 0. The normalized spacial score (nSPS) is 21.4. The first-order chi connectivity index (χ1) is 11.4. The van der Waals surface area contributed by atoms with E-state index in [1.807, 2.05) is 0 Å². The zero-order valence-electron chi connectivity index (χ0n) is 12.8. The number of aliphatic hydroxyl groups excluding tert-OH is 3. The maximum Gasteiger partial charge on any atom is 0.378 e. The minimum atomic E-state index is -2.03. The lowest BCUT2D eigenvalue weighted by atomic mass is 9.86. The molecule has 0 aliphatic carbocycles. The third-order valence-corrected chi connectivity index (χ3v) is 3.58. The summed E-state index contributed by atoms with van der Waals surface area (Å²) in [5, 5.41) is 29.2. The number of nitrogens with two attached hydrogens (primary N) is 1. The minimum Gasteiger partial charge on any atom is -0.499 e. The van der Waals surface area contributed by atoms with Gasteiger partial charge in [0.1, 0.15) is 6.10 Å². The Morgan fingerprint density at radius 1 is 1.38 bits per heavy atom. The van der Waals surface area contributed by atoms with Gasteiger partial charge >= 0.3 is 11.9 Å². The van der Waals surface area contributed by atoms with Crippen molar-refractivity contribution in [2.24, 2.45) is 5.90 Å². The van der Waals surface area contributed by atoms with Crippen molar-refractivity contribution in [2.45, 2.75) is 18.6 Å². The summed E-state index contributed by atoms with van der Waals surface area (Å²) in [6.07, 6.45) is -1.67. The first kappa shape index (κ1) is 17.7. The van der Waals surface area contributed by atoms with Crippen molar-refractivity contribution >= 4 is 11.9 Å². The molecule has 1 aromatic carbocycles. The molecule has 1 aliphatic rings. The van der Waals surface area contributed by atoms with Gasteiger partial charge in [-0.1, -0.05) is 12.1 Å². The lowest BCUT2D eigenvalue weighted by molar-refractivity contribution is -0.167. The molecule has 2 atom stereocenters. The van der Waals surface area contributed by atoms with Gasteiger partial charge in [0.25, 0.3) is 0 Å². The number of hydrogen-bond acceptors (Lipinski definition) is 9. The molecule has 9 heteroatoms. The molecular weight excluding hydrogens is 322 g/mol. The Balaban J connectivity index is 2.51. The van der Waals surface area contributed by atoms with Gasteiger partial charge < -0.3 is 29.6 Å². The van der Waals surface area contributed by atoms with Gasteiger partial charge in [0.15, 0.2) is 0 Å². The molecule has 2 rings (SSSR count). The number of rotatable bonds is 6. The molecule has 0 saturated heterocycles. The van der Waals surface area contributed by atoms with E-state index in [2.05, 4.69) is 4.84 Å². The molecule has 24 heavy (non-hydrogen) atoms. The number of carbonyl (C=O) groups excluding carboxylic acids is 2. The number of carbonyl (C=O) groups is 2. The summed E-state index contributed by atoms with van der Waals surface area (Å²) in [7, 11) is 0. The quantitative estimate of drug-likeness (QED) is 0.402. The van der Waals surface area contributed by atoms with Crippen molar-refractivity contribution in [1.29, 1.82) is 0 Å². The second kappa shape index (κ2) is 6.87. The first-order valence-electron chi connectivity index (χ1n) is 7.02. The molecule has 0 aromatic heterocycles. The molecule has 0 spiro atoms. The average molecular weight is 339 g/mol. The summed E-state index contributed by atoms with van der Waals surface area (Å²) in [4.78, 5) is 27.9. The smallest absolute Gasteiger partial charge is 0.378 e. The van der Waals surface area contributed by atoms with Gasteiger partial charge in [0.2, 0.25) is 17.1 Å². The van der Waals surface area contributed by atoms with Crippen LogP contribution in [0, 0.1) is 0 Å². The SMILES string of the molecule is CCOC(=O)c1ccc([C@]2([C@@H](O)CO)OC(=O)C(O)=C2ON)cc1. The molecule has 0 bridgehead atoms. The van der Waals surface area contributed by atoms with Crippen LogP contribution in [-0.4, -0.2) is 46.6 Å². The van der Waals surface area contributed by atoms with Gasteiger partial charge in [0.05, 0.1) is 18.8 Å². The molecule has 0 amide bonds. The Morgan fingerprint density at radius 3 is 2.50 bits per heavy atom. The number of ether oxygens (including phenoxy) is 2. The van der Waals surface area contributed by atoms with Crippen LogP contribution < -0.4 is 5.90 Å². The zero-order chi connectivity index (χ0) is 17.9. The predicted octanol–water partition coefficient (Wildman–Crippen LogP) is -0.372. The highest BCUT2D eigenvalue weighted by Crippen LogP contribution is 2.43. The number of aliphatic hydroxyl groups is 3. The summed E-state index contributed by atoms with van der Waals surface area (Å²) < 4.78 is 9.91. The van der Waals surface area contributed by atoms with Crippen molar-refractivity contribution in [1.82, 2.24) is 0 Å². The maximum atomic E-state index is 11.7. The van der Waals surface area contributed by atoms with Crippen LogP contribution in [0.4, 0.5) is 0 Å². The highest BCUT2D eigenvalue weighted by atomic mass is 16.7. The molecule has 1 heterocycles. The van der Waals surface area contributed by atoms with Crippen LogP contribution in [0.1, 0.15) is 22.8 Å². The van der Waals surface area contributed by atoms with E-state index in [9.17, 15) is 24.9 Å². The number of hydrogen-bond donors (Lipinski definition) is 4. The predicted molar refractivity (Wildman–Crippen MR) is 78.2 cm³/mol. The molecule has 1 aromatic rings. The molecule has 5 N–H and O–H groups in total. The van der Waals surface area contributed by atoms with Gasteiger partial charge in [-0.3, -0.25) is 0 Å². The van der Waals surface area contributed by atoms with Gasteiger partial charge in [-0.2, -0.15) is 5.90 Å². The van der Waals surface area contributed by atoms with E-state index in [0.717, 1.165) is 0 Å². The topological polar surface area (TPSA) is 149 Å². The van der Waals surface area contributed by atoms with Crippen molar-refractivity contribution in [3.8, 4) is 0 Å². The highest BCUT2D eigenvalue weighted by molar-refractivity contribution is 5.91. The third-order valence-electron chi connectivity index (χ3n) is 3.58. The van der Waals surface area contributed by atoms with E-state index in [1.54, 1.807) is 6.92 Å². The van der Waals surface area contributed by atoms with Crippen molar-refractivity contribution in [3.05, 3.63) is 46.9 Å². The van der Waals surface area contributed by atoms with Crippen molar-refractivity contribution in [3.63, 3.8) is 0 Å².